The molecule has 0 aliphatic rings. The summed E-state index contributed by atoms with van der Waals surface area (Å²) in [4.78, 5) is 38.1. The third-order valence-corrected chi connectivity index (χ3v) is 13.6. The third-order valence-electron chi connectivity index (χ3n) is 13.6. The van der Waals surface area contributed by atoms with Crippen LogP contribution in [0.1, 0.15) is 324 Å². The van der Waals surface area contributed by atoms with Crippen LogP contribution in [0.3, 0.4) is 0 Å². The maximum Gasteiger partial charge on any atom is 0.306 e. The van der Waals surface area contributed by atoms with Gasteiger partial charge in [-0.15, -0.1) is 0 Å². The van der Waals surface area contributed by atoms with Gasteiger partial charge in [0.15, 0.2) is 6.10 Å². The van der Waals surface area contributed by atoms with E-state index in [1.54, 1.807) is 0 Å². The highest BCUT2D eigenvalue weighted by Crippen LogP contribution is 2.18. The van der Waals surface area contributed by atoms with Gasteiger partial charge >= 0.3 is 17.9 Å². The second kappa shape index (κ2) is 50.8. The van der Waals surface area contributed by atoms with E-state index in [0.717, 1.165) is 69.6 Å². The van der Waals surface area contributed by atoms with Crippen LogP contribution in [-0.2, 0) is 28.6 Å². The molecule has 0 saturated carbocycles. The van der Waals surface area contributed by atoms with Crippen molar-refractivity contribution in [2.24, 2.45) is 11.8 Å². The van der Waals surface area contributed by atoms with Crippen molar-refractivity contribution in [2.45, 2.75) is 330 Å². The molecule has 1 unspecified atom stereocenters. The summed E-state index contributed by atoms with van der Waals surface area (Å²) < 4.78 is 16.9. The minimum atomic E-state index is -0.763. The van der Waals surface area contributed by atoms with E-state index in [9.17, 15) is 14.4 Å². The first-order valence-corrected chi connectivity index (χ1v) is 28.8. The minimum absolute atomic E-state index is 0.0632. The molecular formula is C58H112O6. The van der Waals surface area contributed by atoms with E-state index in [4.69, 9.17) is 14.2 Å². The van der Waals surface area contributed by atoms with Gasteiger partial charge in [-0.2, -0.15) is 0 Å². The van der Waals surface area contributed by atoms with Gasteiger partial charge in [0.1, 0.15) is 13.2 Å². The van der Waals surface area contributed by atoms with Gasteiger partial charge in [-0.25, -0.2) is 0 Å². The van der Waals surface area contributed by atoms with Crippen LogP contribution in [0.25, 0.3) is 0 Å². The molecule has 0 bridgehead atoms. The molecule has 380 valence electrons. The first-order chi connectivity index (χ1) is 31.3. The predicted octanol–water partition coefficient (Wildman–Crippen LogP) is 18.9. The van der Waals surface area contributed by atoms with Gasteiger partial charge in [-0.1, -0.05) is 285 Å². The molecule has 0 aliphatic heterocycles. The van der Waals surface area contributed by atoms with Gasteiger partial charge in [0.05, 0.1) is 0 Å². The lowest BCUT2D eigenvalue weighted by atomic mass is 9.99. The molecule has 0 saturated heterocycles. The predicted molar refractivity (Wildman–Crippen MR) is 275 cm³/mol. The maximum atomic E-state index is 12.8. The lowest BCUT2D eigenvalue weighted by Crippen LogP contribution is -2.30. The van der Waals surface area contributed by atoms with Crippen LogP contribution in [0.2, 0.25) is 0 Å². The normalized spacial score (nSPS) is 12.5. The molecule has 0 fully saturated rings. The Morgan fingerprint density at radius 2 is 0.594 bits per heavy atom. The highest BCUT2D eigenvalue weighted by atomic mass is 16.6. The summed E-state index contributed by atoms with van der Waals surface area (Å²) in [6.07, 6.45) is 53.8. The van der Waals surface area contributed by atoms with Crippen molar-refractivity contribution in [3.63, 3.8) is 0 Å². The number of hydrogen-bond donors (Lipinski definition) is 0. The molecule has 0 radical (unpaired) electrons. The molecular weight excluding hydrogens is 793 g/mol. The first kappa shape index (κ1) is 62.4. The molecule has 0 heterocycles. The molecule has 0 aromatic rings. The topological polar surface area (TPSA) is 78.9 Å². The van der Waals surface area contributed by atoms with E-state index in [-0.39, 0.29) is 31.1 Å². The number of carbonyl (C=O) groups is 3. The first-order valence-electron chi connectivity index (χ1n) is 28.8. The molecule has 6 nitrogen and oxygen atoms in total. The number of rotatable bonds is 52. The van der Waals surface area contributed by atoms with Crippen molar-refractivity contribution in [3.05, 3.63) is 0 Å². The Morgan fingerprint density at radius 1 is 0.328 bits per heavy atom. The summed E-state index contributed by atoms with van der Waals surface area (Å²) in [5.74, 6) is 0.850. The molecule has 0 amide bonds. The summed E-state index contributed by atoms with van der Waals surface area (Å²) in [7, 11) is 0. The number of hydrogen-bond acceptors (Lipinski definition) is 6. The Labute approximate surface area is 399 Å². The second-order valence-corrected chi connectivity index (χ2v) is 20.6. The Morgan fingerprint density at radius 3 is 0.891 bits per heavy atom. The Bertz CT molecular complexity index is 980. The van der Waals surface area contributed by atoms with Crippen molar-refractivity contribution in [3.8, 4) is 0 Å². The highest BCUT2D eigenvalue weighted by Gasteiger charge is 2.19. The molecule has 0 aromatic heterocycles. The minimum Gasteiger partial charge on any atom is -0.462 e. The quantitative estimate of drug-likeness (QED) is 0.0344. The van der Waals surface area contributed by atoms with E-state index in [1.807, 2.05) is 0 Å². The molecule has 0 N–H and O–H groups in total. The molecule has 64 heavy (non-hydrogen) atoms. The highest BCUT2D eigenvalue weighted by molar-refractivity contribution is 5.71. The largest absolute Gasteiger partial charge is 0.462 e. The van der Waals surface area contributed by atoms with Gasteiger partial charge in [0.25, 0.3) is 0 Å². The number of esters is 3. The fraction of sp³-hybridized carbons (Fsp3) is 0.948. The summed E-state index contributed by atoms with van der Waals surface area (Å²) in [6, 6.07) is 0. The van der Waals surface area contributed by atoms with Crippen LogP contribution in [0.5, 0.6) is 0 Å². The van der Waals surface area contributed by atoms with Crippen molar-refractivity contribution < 1.29 is 28.6 Å². The van der Waals surface area contributed by atoms with Crippen LogP contribution in [-0.4, -0.2) is 37.2 Å². The average Bonchev–Trinajstić information content (AvgIpc) is 3.28. The van der Waals surface area contributed by atoms with Crippen LogP contribution >= 0.6 is 0 Å². The van der Waals surface area contributed by atoms with Crippen LogP contribution in [0, 0.1) is 11.8 Å². The van der Waals surface area contributed by atoms with Crippen molar-refractivity contribution in [1.29, 1.82) is 0 Å². The number of carbonyl (C=O) groups excluding carboxylic acids is 3. The zero-order valence-electron chi connectivity index (χ0n) is 43.9. The summed E-state index contributed by atoms with van der Waals surface area (Å²) >= 11 is 0. The SMILES string of the molecule is CCCCCCCCCCCCCCCCCCCC(=O)O[C@H](COC(=O)CCCCCCCCCCCCCCCCC(C)CC)COC(=O)CCCCCCCCCCC(C)C. The van der Waals surface area contributed by atoms with Gasteiger partial charge < -0.3 is 14.2 Å². The zero-order valence-corrected chi connectivity index (χ0v) is 43.9. The van der Waals surface area contributed by atoms with E-state index in [1.165, 1.54) is 212 Å². The van der Waals surface area contributed by atoms with Crippen molar-refractivity contribution >= 4 is 17.9 Å². The second-order valence-electron chi connectivity index (χ2n) is 20.6. The van der Waals surface area contributed by atoms with E-state index in [2.05, 4.69) is 34.6 Å². The molecule has 6 heteroatoms. The smallest absolute Gasteiger partial charge is 0.306 e. The third kappa shape index (κ3) is 49.8. The molecule has 0 rings (SSSR count). The molecule has 0 aromatic carbocycles. The summed E-state index contributed by atoms with van der Waals surface area (Å²) in [5.41, 5.74) is 0. The van der Waals surface area contributed by atoms with Gasteiger partial charge in [0, 0.05) is 19.3 Å². The monoisotopic (exact) mass is 905 g/mol. The fourth-order valence-electron chi connectivity index (χ4n) is 8.84. The summed E-state index contributed by atoms with van der Waals surface area (Å²) in [5, 5.41) is 0. The Kier molecular flexibility index (Phi) is 49.6. The van der Waals surface area contributed by atoms with Gasteiger partial charge in [-0.3, -0.25) is 14.4 Å². The van der Waals surface area contributed by atoms with E-state index < -0.39 is 6.10 Å². The van der Waals surface area contributed by atoms with Crippen LogP contribution in [0.4, 0.5) is 0 Å². The number of ether oxygens (including phenoxy) is 3. The average molecular weight is 906 g/mol. The van der Waals surface area contributed by atoms with E-state index >= 15 is 0 Å². The molecule has 0 spiro atoms. The zero-order chi connectivity index (χ0) is 46.8. The van der Waals surface area contributed by atoms with E-state index in [0.29, 0.717) is 19.3 Å². The lowest BCUT2D eigenvalue weighted by molar-refractivity contribution is -0.167. The Hall–Kier alpha value is -1.59. The molecule has 0 aliphatic carbocycles. The van der Waals surface area contributed by atoms with Crippen LogP contribution in [0.15, 0.2) is 0 Å². The van der Waals surface area contributed by atoms with Crippen LogP contribution < -0.4 is 0 Å². The molecule has 2 atom stereocenters. The maximum absolute atomic E-state index is 12.8. The number of unbranched alkanes of at least 4 members (excludes halogenated alkanes) is 36. The summed E-state index contributed by atoms with van der Waals surface area (Å²) in [6.45, 7) is 11.4. The Balaban J connectivity index is 4.27. The lowest BCUT2D eigenvalue weighted by Gasteiger charge is -2.18. The van der Waals surface area contributed by atoms with Gasteiger partial charge in [-0.05, 0) is 31.1 Å². The van der Waals surface area contributed by atoms with Crippen molar-refractivity contribution in [2.75, 3.05) is 13.2 Å². The van der Waals surface area contributed by atoms with Gasteiger partial charge in [0.2, 0.25) is 0 Å². The standard InChI is InChI=1S/C58H112O6/c1-6-8-9-10-11-12-13-14-15-16-17-22-25-28-35-40-45-50-58(61)64-55(52-63-57(60)49-44-39-34-30-29-31-36-41-46-53(3)4)51-62-56(59)48-43-38-33-27-24-21-19-18-20-23-26-32-37-42-47-54(5)7-2/h53-55H,6-52H2,1-5H3/t54?,55-/m1/s1. The fourth-order valence-corrected chi connectivity index (χ4v) is 8.84. The van der Waals surface area contributed by atoms with Crippen molar-refractivity contribution in [1.82, 2.24) is 0 Å².